The van der Waals surface area contributed by atoms with Crippen LogP contribution in [0, 0.1) is 0 Å². The highest BCUT2D eigenvalue weighted by Crippen LogP contribution is 2.27. The molecule has 5 heteroatoms. The van der Waals surface area contributed by atoms with Crippen LogP contribution in [0.3, 0.4) is 0 Å². The maximum atomic E-state index is 5.15. The Morgan fingerprint density at radius 3 is 2.43 bits per heavy atom. The summed E-state index contributed by atoms with van der Waals surface area (Å²) in [6.07, 6.45) is 0.848. The van der Waals surface area contributed by atoms with Crippen LogP contribution in [0.15, 0.2) is 4.47 Å². The van der Waals surface area contributed by atoms with Crippen LogP contribution in [0.1, 0.15) is 12.6 Å². The van der Waals surface area contributed by atoms with Crippen LogP contribution in [0.25, 0.3) is 0 Å². The van der Waals surface area contributed by atoms with Crippen molar-refractivity contribution in [1.82, 2.24) is 9.97 Å². The monoisotopic (exact) mass is 259 g/mol. The molecule has 0 saturated heterocycles. The van der Waals surface area contributed by atoms with Gasteiger partial charge in [0.1, 0.15) is 4.47 Å². The summed E-state index contributed by atoms with van der Waals surface area (Å²) in [7, 11) is 5.41. The average Bonchev–Trinajstić information content (AvgIpc) is 2.17. The molecule has 0 aliphatic heterocycles. The highest BCUT2D eigenvalue weighted by Gasteiger charge is 2.12. The molecule has 0 aromatic carbocycles. The zero-order valence-corrected chi connectivity index (χ0v) is 10.4. The van der Waals surface area contributed by atoms with Crippen molar-refractivity contribution in [1.29, 1.82) is 0 Å². The summed E-state index contributed by atoms with van der Waals surface area (Å²) in [6.45, 7) is 2.05. The van der Waals surface area contributed by atoms with Gasteiger partial charge in [0.15, 0.2) is 0 Å². The molecule has 0 aliphatic rings. The molecule has 0 amide bonds. The molecule has 78 valence electrons. The maximum absolute atomic E-state index is 5.15. The first kappa shape index (κ1) is 11.2. The van der Waals surface area contributed by atoms with Crippen molar-refractivity contribution in [2.45, 2.75) is 13.3 Å². The SMILES string of the molecule is CCc1nc(N(C)C)nc(OC)c1Br. The van der Waals surface area contributed by atoms with E-state index in [-0.39, 0.29) is 0 Å². The van der Waals surface area contributed by atoms with E-state index < -0.39 is 0 Å². The summed E-state index contributed by atoms with van der Waals surface area (Å²) in [6, 6.07) is 0. The first-order chi connectivity index (χ1) is 6.60. The van der Waals surface area contributed by atoms with Crippen molar-refractivity contribution >= 4 is 21.9 Å². The minimum Gasteiger partial charge on any atom is -0.480 e. The largest absolute Gasteiger partial charge is 0.480 e. The van der Waals surface area contributed by atoms with E-state index in [1.165, 1.54) is 0 Å². The molecule has 14 heavy (non-hydrogen) atoms. The van der Waals surface area contributed by atoms with Gasteiger partial charge in [-0.2, -0.15) is 4.98 Å². The molecular formula is C9H14BrN3O. The molecule has 0 unspecified atom stereocenters. The second-order valence-electron chi connectivity index (χ2n) is 3.04. The van der Waals surface area contributed by atoms with E-state index in [1.54, 1.807) is 7.11 Å². The van der Waals surface area contributed by atoms with Crippen molar-refractivity contribution in [3.05, 3.63) is 10.2 Å². The Morgan fingerprint density at radius 1 is 1.36 bits per heavy atom. The molecule has 0 bridgehead atoms. The lowest BCUT2D eigenvalue weighted by molar-refractivity contribution is 0.393. The minimum atomic E-state index is 0.584. The predicted molar refractivity (Wildman–Crippen MR) is 60.0 cm³/mol. The number of hydrogen-bond acceptors (Lipinski definition) is 4. The van der Waals surface area contributed by atoms with Crippen LogP contribution >= 0.6 is 15.9 Å². The molecule has 0 spiro atoms. The third-order valence-corrected chi connectivity index (χ3v) is 2.60. The number of aryl methyl sites for hydroxylation is 1. The summed E-state index contributed by atoms with van der Waals surface area (Å²) in [5.74, 6) is 1.25. The summed E-state index contributed by atoms with van der Waals surface area (Å²) in [5.41, 5.74) is 0.959. The Labute approximate surface area is 92.4 Å². The topological polar surface area (TPSA) is 38.2 Å². The quantitative estimate of drug-likeness (QED) is 0.831. The van der Waals surface area contributed by atoms with Crippen LogP contribution in [0.5, 0.6) is 5.88 Å². The van der Waals surface area contributed by atoms with Gasteiger partial charge in [-0.3, -0.25) is 0 Å². The van der Waals surface area contributed by atoms with E-state index in [1.807, 2.05) is 25.9 Å². The number of ether oxygens (including phenoxy) is 1. The number of anilines is 1. The van der Waals surface area contributed by atoms with Crippen LogP contribution in [0.2, 0.25) is 0 Å². The fourth-order valence-corrected chi connectivity index (χ4v) is 1.65. The Balaban J connectivity index is 3.25. The standard InChI is InChI=1S/C9H14BrN3O/c1-5-6-7(10)8(14-4)12-9(11-6)13(2)3/h5H2,1-4H3. The molecule has 0 saturated carbocycles. The van der Waals surface area contributed by atoms with Crippen LogP contribution in [-0.2, 0) is 6.42 Å². The number of aromatic nitrogens is 2. The van der Waals surface area contributed by atoms with Gasteiger partial charge in [-0.05, 0) is 22.4 Å². The van der Waals surface area contributed by atoms with E-state index in [0.29, 0.717) is 11.8 Å². The zero-order valence-electron chi connectivity index (χ0n) is 8.83. The van der Waals surface area contributed by atoms with Crippen LogP contribution in [0.4, 0.5) is 5.95 Å². The van der Waals surface area contributed by atoms with Gasteiger partial charge in [0.25, 0.3) is 0 Å². The van der Waals surface area contributed by atoms with Gasteiger partial charge in [-0.25, -0.2) is 4.98 Å². The summed E-state index contributed by atoms with van der Waals surface area (Å²) < 4.78 is 5.99. The van der Waals surface area contributed by atoms with Crippen molar-refractivity contribution in [3.63, 3.8) is 0 Å². The molecule has 1 rings (SSSR count). The molecule has 4 nitrogen and oxygen atoms in total. The number of hydrogen-bond donors (Lipinski definition) is 0. The Hall–Kier alpha value is -0.840. The van der Waals surface area contributed by atoms with Gasteiger partial charge in [-0.15, -0.1) is 0 Å². The average molecular weight is 260 g/mol. The van der Waals surface area contributed by atoms with Gasteiger partial charge in [0.2, 0.25) is 11.8 Å². The molecular weight excluding hydrogens is 246 g/mol. The maximum Gasteiger partial charge on any atom is 0.232 e. The molecule has 1 heterocycles. The fraction of sp³-hybridized carbons (Fsp3) is 0.556. The van der Waals surface area contributed by atoms with Crippen LogP contribution < -0.4 is 9.64 Å². The molecule has 0 N–H and O–H groups in total. The van der Waals surface area contributed by atoms with Crippen molar-refractivity contribution in [2.75, 3.05) is 26.1 Å². The fourth-order valence-electron chi connectivity index (χ4n) is 1.03. The second-order valence-corrected chi connectivity index (χ2v) is 3.83. The number of rotatable bonds is 3. The summed E-state index contributed by atoms with van der Waals surface area (Å²) >= 11 is 3.42. The molecule has 0 fully saturated rings. The summed E-state index contributed by atoms with van der Waals surface area (Å²) in [5, 5.41) is 0. The molecule has 1 aromatic heterocycles. The highest BCUT2D eigenvalue weighted by molar-refractivity contribution is 9.10. The third-order valence-electron chi connectivity index (χ3n) is 1.81. The van der Waals surface area contributed by atoms with Gasteiger partial charge in [0, 0.05) is 14.1 Å². The molecule has 0 radical (unpaired) electrons. The smallest absolute Gasteiger partial charge is 0.232 e. The normalized spacial score (nSPS) is 10.1. The lowest BCUT2D eigenvalue weighted by Crippen LogP contribution is -2.14. The van der Waals surface area contributed by atoms with Gasteiger partial charge in [0.05, 0.1) is 12.8 Å². The molecule has 0 atom stereocenters. The van der Waals surface area contributed by atoms with Crippen molar-refractivity contribution in [3.8, 4) is 5.88 Å². The first-order valence-corrected chi connectivity index (χ1v) is 5.17. The zero-order chi connectivity index (χ0) is 10.7. The van der Waals surface area contributed by atoms with Crippen molar-refractivity contribution in [2.24, 2.45) is 0 Å². The number of nitrogens with zero attached hydrogens (tertiary/aromatic N) is 3. The van der Waals surface area contributed by atoms with Crippen molar-refractivity contribution < 1.29 is 4.74 Å². The van der Waals surface area contributed by atoms with Crippen LogP contribution in [-0.4, -0.2) is 31.2 Å². The van der Waals surface area contributed by atoms with E-state index in [2.05, 4.69) is 25.9 Å². The first-order valence-electron chi connectivity index (χ1n) is 4.37. The van der Waals surface area contributed by atoms with Gasteiger partial charge >= 0.3 is 0 Å². The third kappa shape index (κ3) is 2.15. The Kier molecular flexibility index (Phi) is 3.69. The van der Waals surface area contributed by atoms with E-state index >= 15 is 0 Å². The van der Waals surface area contributed by atoms with E-state index in [4.69, 9.17) is 4.74 Å². The number of methoxy groups -OCH3 is 1. The number of halogens is 1. The Bertz CT molecular complexity index is 303. The highest BCUT2D eigenvalue weighted by atomic mass is 79.9. The van der Waals surface area contributed by atoms with E-state index in [9.17, 15) is 0 Å². The lowest BCUT2D eigenvalue weighted by Gasteiger charge is -2.13. The predicted octanol–water partition coefficient (Wildman–Crippen LogP) is 1.88. The summed E-state index contributed by atoms with van der Waals surface area (Å²) in [4.78, 5) is 10.5. The molecule has 1 aromatic rings. The Morgan fingerprint density at radius 2 is 2.00 bits per heavy atom. The minimum absolute atomic E-state index is 0.584. The lowest BCUT2D eigenvalue weighted by atomic mass is 10.3. The second kappa shape index (κ2) is 4.59. The van der Waals surface area contributed by atoms with E-state index in [0.717, 1.165) is 16.6 Å². The molecule has 0 aliphatic carbocycles. The van der Waals surface area contributed by atoms with Gasteiger partial charge < -0.3 is 9.64 Å². The van der Waals surface area contributed by atoms with Gasteiger partial charge in [-0.1, -0.05) is 6.92 Å².